The number of ether oxygens (including phenoxy) is 2. The molecule has 3 N–H and O–H groups in total. The average Bonchev–Trinajstić information content (AvgIpc) is 2.54. The molecule has 0 saturated carbocycles. The van der Waals surface area contributed by atoms with Crippen LogP contribution in [0, 0.1) is 11.8 Å². The molecule has 1 amide bonds. The van der Waals surface area contributed by atoms with Crippen LogP contribution in [0.3, 0.4) is 0 Å². The number of carbonyl (C=O) groups excluding carboxylic acids is 1. The van der Waals surface area contributed by atoms with Crippen molar-refractivity contribution in [3.05, 3.63) is 24.3 Å². The lowest BCUT2D eigenvalue weighted by Crippen LogP contribution is -2.26. The van der Waals surface area contributed by atoms with E-state index in [0.29, 0.717) is 12.5 Å². The molecular weight excluding hydrogens is 304 g/mol. The third-order valence-corrected chi connectivity index (χ3v) is 3.75. The smallest absolute Gasteiger partial charge is 0.228 e. The molecule has 6 heteroatoms. The van der Waals surface area contributed by atoms with E-state index < -0.39 is 0 Å². The van der Waals surface area contributed by atoms with Crippen molar-refractivity contribution in [3.63, 3.8) is 0 Å². The van der Waals surface area contributed by atoms with E-state index in [1.165, 1.54) is 0 Å². The van der Waals surface area contributed by atoms with Gasteiger partial charge in [0.05, 0.1) is 6.61 Å². The van der Waals surface area contributed by atoms with Crippen LogP contribution in [0.5, 0.6) is 5.75 Å². The molecule has 1 aliphatic heterocycles. The van der Waals surface area contributed by atoms with E-state index in [1.807, 2.05) is 24.3 Å². The summed E-state index contributed by atoms with van der Waals surface area (Å²) >= 11 is 0. The molecule has 0 spiro atoms. The van der Waals surface area contributed by atoms with Gasteiger partial charge >= 0.3 is 0 Å². The van der Waals surface area contributed by atoms with Gasteiger partial charge in [0, 0.05) is 31.4 Å². The van der Waals surface area contributed by atoms with Gasteiger partial charge in [0.2, 0.25) is 5.91 Å². The lowest BCUT2D eigenvalue weighted by molar-refractivity contribution is -0.119. The Bertz CT molecular complexity index is 447. The van der Waals surface area contributed by atoms with Crippen LogP contribution >= 0.6 is 12.4 Å². The van der Waals surface area contributed by atoms with Gasteiger partial charge in [0.1, 0.15) is 5.75 Å². The normalized spacial score (nSPS) is 16.5. The van der Waals surface area contributed by atoms with E-state index in [4.69, 9.17) is 15.2 Å². The first-order valence-corrected chi connectivity index (χ1v) is 7.50. The third kappa shape index (κ3) is 5.83. The average molecular weight is 329 g/mol. The maximum absolute atomic E-state index is 11.7. The molecular formula is C16H25ClN2O3. The van der Waals surface area contributed by atoms with Gasteiger partial charge in [-0.15, -0.1) is 12.4 Å². The Hall–Kier alpha value is -1.30. The van der Waals surface area contributed by atoms with Gasteiger partial charge in [0.15, 0.2) is 0 Å². The topological polar surface area (TPSA) is 73.6 Å². The third-order valence-electron chi connectivity index (χ3n) is 3.75. The van der Waals surface area contributed by atoms with Gasteiger partial charge in [-0.25, -0.2) is 0 Å². The van der Waals surface area contributed by atoms with Crippen molar-refractivity contribution in [2.24, 2.45) is 17.6 Å². The Morgan fingerprint density at radius 1 is 1.36 bits per heavy atom. The molecule has 124 valence electrons. The number of anilines is 1. The highest BCUT2D eigenvalue weighted by atomic mass is 35.5. The Morgan fingerprint density at radius 2 is 2.00 bits per heavy atom. The molecule has 1 fully saturated rings. The zero-order valence-corrected chi connectivity index (χ0v) is 13.7. The molecule has 0 aromatic heterocycles. The second kappa shape index (κ2) is 9.66. The van der Waals surface area contributed by atoms with Gasteiger partial charge in [-0.3, -0.25) is 4.79 Å². The first kappa shape index (κ1) is 18.7. The zero-order chi connectivity index (χ0) is 15.1. The number of nitrogens with two attached hydrogens (primary N) is 1. The summed E-state index contributed by atoms with van der Waals surface area (Å²) in [5.41, 5.74) is 6.23. The fourth-order valence-corrected chi connectivity index (χ4v) is 2.13. The second-order valence-electron chi connectivity index (χ2n) is 5.52. The fourth-order valence-electron chi connectivity index (χ4n) is 2.13. The minimum Gasteiger partial charge on any atom is -0.493 e. The van der Waals surface area contributed by atoms with Crippen molar-refractivity contribution in [1.82, 2.24) is 0 Å². The molecule has 1 unspecified atom stereocenters. The van der Waals surface area contributed by atoms with Crippen molar-refractivity contribution in [2.45, 2.75) is 19.8 Å². The van der Waals surface area contributed by atoms with Crippen molar-refractivity contribution in [3.8, 4) is 5.75 Å². The highest BCUT2D eigenvalue weighted by molar-refractivity contribution is 5.92. The van der Waals surface area contributed by atoms with Crippen molar-refractivity contribution in [2.75, 3.05) is 31.7 Å². The number of hydrogen-bond donors (Lipinski definition) is 2. The molecule has 1 aromatic rings. The predicted octanol–water partition coefficient (Wildman–Crippen LogP) is 2.45. The number of halogens is 1. The highest BCUT2D eigenvalue weighted by Gasteiger charge is 2.14. The summed E-state index contributed by atoms with van der Waals surface area (Å²) in [5.74, 6) is 1.15. The van der Waals surface area contributed by atoms with E-state index >= 15 is 0 Å². The first-order valence-electron chi connectivity index (χ1n) is 7.50. The zero-order valence-electron chi connectivity index (χ0n) is 12.9. The Labute approximate surface area is 138 Å². The van der Waals surface area contributed by atoms with Crippen LogP contribution in [-0.4, -0.2) is 32.3 Å². The molecule has 0 aliphatic carbocycles. The minimum absolute atomic E-state index is 0. The van der Waals surface area contributed by atoms with Crippen LogP contribution in [0.4, 0.5) is 5.69 Å². The standard InChI is InChI=1S/C16H24N2O3.ClH/c1-12(10-17)16(19)18-14-2-4-15(5-3-14)21-11-13-6-8-20-9-7-13;/h2-5,12-13H,6-11,17H2,1H3,(H,18,19);1H. The molecule has 1 atom stereocenters. The van der Waals surface area contributed by atoms with Gasteiger partial charge in [-0.1, -0.05) is 6.92 Å². The predicted molar refractivity (Wildman–Crippen MR) is 89.6 cm³/mol. The summed E-state index contributed by atoms with van der Waals surface area (Å²) in [5, 5.41) is 2.83. The van der Waals surface area contributed by atoms with Crippen LogP contribution in [0.2, 0.25) is 0 Å². The Balaban J connectivity index is 0.00000242. The van der Waals surface area contributed by atoms with E-state index in [0.717, 1.165) is 44.1 Å². The first-order chi connectivity index (χ1) is 10.2. The lowest BCUT2D eigenvalue weighted by atomic mass is 10.0. The summed E-state index contributed by atoms with van der Waals surface area (Å²) in [6.07, 6.45) is 2.12. The van der Waals surface area contributed by atoms with Gasteiger partial charge in [-0.2, -0.15) is 0 Å². The number of nitrogens with one attached hydrogen (secondary N) is 1. The van der Waals surface area contributed by atoms with Crippen LogP contribution in [0.25, 0.3) is 0 Å². The van der Waals surface area contributed by atoms with Crippen molar-refractivity contribution < 1.29 is 14.3 Å². The molecule has 1 heterocycles. The molecule has 2 rings (SSSR count). The van der Waals surface area contributed by atoms with Crippen LogP contribution in [0.15, 0.2) is 24.3 Å². The van der Waals surface area contributed by atoms with E-state index in [1.54, 1.807) is 6.92 Å². The fraction of sp³-hybridized carbons (Fsp3) is 0.562. The van der Waals surface area contributed by atoms with Crippen LogP contribution < -0.4 is 15.8 Å². The van der Waals surface area contributed by atoms with Gasteiger partial charge in [-0.05, 0) is 43.0 Å². The van der Waals surface area contributed by atoms with Gasteiger partial charge < -0.3 is 20.5 Å². The maximum Gasteiger partial charge on any atom is 0.228 e. The van der Waals surface area contributed by atoms with E-state index in [2.05, 4.69) is 5.32 Å². The number of hydrogen-bond acceptors (Lipinski definition) is 4. The Kier molecular flexibility index (Phi) is 8.24. The molecule has 5 nitrogen and oxygen atoms in total. The molecule has 0 radical (unpaired) electrons. The summed E-state index contributed by atoms with van der Waals surface area (Å²) in [7, 11) is 0. The van der Waals surface area contributed by atoms with Crippen LogP contribution in [0.1, 0.15) is 19.8 Å². The second-order valence-corrected chi connectivity index (χ2v) is 5.52. The monoisotopic (exact) mass is 328 g/mol. The van der Waals surface area contributed by atoms with Crippen molar-refractivity contribution >= 4 is 24.0 Å². The summed E-state index contributed by atoms with van der Waals surface area (Å²) < 4.78 is 11.1. The molecule has 1 aromatic carbocycles. The molecule has 0 bridgehead atoms. The number of amides is 1. The van der Waals surface area contributed by atoms with E-state index in [-0.39, 0.29) is 24.2 Å². The summed E-state index contributed by atoms with van der Waals surface area (Å²) in [6, 6.07) is 7.45. The molecule has 1 aliphatic rings. The quantitative estimate of drug-likeness (QED) is 0.841. The highest BCUT2D eigenvalue weighted by Crippen LogP contribution is 2.20. The SMILES string of the molecule is CC(CN)C(=O)Nc1ccc(OCC2CCOCC2)cc1.Cl. The largest absolute Gasteiger partial charge is 0.493 e. The molecule has 22 heavy (non-hydrogen) atoms. The summed E-state index contributed by atoms with van der Waals surface area (Å²) in [6.45, 7) is 4.54. The Morgan fingerprint density at radius 3 is 2.59 bits per heavy atom. The lowest BCUT2D eigenvalue weighted by Gasteiger charge is -2.22. The summed E-state index contributed by atoms with van der Waals surface area (Å²) in [4.78, 5) is 11.7. The van der Waals surface area contributed by atoms with Crippen molar-refractivity contribution in [1.29, 1.82) is 0 Å². The van der Waals surface area contributed by atoms with Crippen LogP contribution in [-0.2, 0) is 9.53 Å². The maximum atomic E-state index is 11.7. The number of rotatable bonds is 6. The number of carbonyl (C=O) groups is 1. The molecule has 1 saturated heterocycles. The minimum atomic E-state index is -0.186. The van der Waals surface area contributed by atoms with E-state index in [9.17, 15) is 4.79 Å². The van der Waals surface area contributed by atoms with Gasteiger partial charge in [0.25, 0.3) is 0 Å². The number of benzene rings is 1.